The Morgan fingerprint density at radius 1 is 1.06 bits per heavy atom. The molecule has 7 nitrogen and oxygen atoms in total. The summed E-state index contributed by atoms with van der Waals surface area (Å²) in [5, 5.41) is 0.517. The maximum Gasteiger partial charge on any atom is 0.306 e. The predicted molar refractivity (Wildman–Crippen MR) is 124 cm³/mol. The maximum atomic E-state index is 13.5. The van der Waals surface area contributed by atoms with Crippen molar-refractivity contribution in [2.24, 2.45) is 0 Å². The normalized spacial score (nSPS) is 11.9. The number of carbonyl (C=O) groups is 2. The Labute approximate surface area is 187 Å². The molecule has 0 saturated heterocycles. The van der Waals surface area contributed by atoms with Crippen molar-refractivity contribution in [2.75, 3.05) is 13.7 Å². The number of esters is 1. The standard InChI is InChI=1S/C25H29N3O4/c1-5-21(27(4)22(29)15-16-23(30)32-6-2)24-26-20-10-8-7-9-19(20)25(31)28(24)18-13-11-17(3)12-14-18/h7-14,21H,5-6,15-16H2,1-4H3. The minimum absolute atomic E-state index is 0.0172. The lowest BCUT2D eigenvalue weighted by atomic mass is 10.1. The van der Waals surface area contributed by atoms with Crippen LogP contribution in [0.15, 0.2) is 53.3 Å². The molecule has 1 heterocycles. The highest BCUT2D eigenvalue weighted by atomic mass is 16.5. The van der Waals surface area contributed by atoms with Gasteiger partial charge in [-0.15, -0.1) is 0 Å². The molecule has 0 radical (unpaired) electrons. The largest absolute Gasteiger partial charge is 0.466 e. The van der Waals surface area contributed by atoms with Crippen LogP contribution in [0.4, 0.5) is 0 Å². The van der Waals surface area contributed by atoms with Crippen LogP contribution in [-0.4, -0.2) is 40.0 Å². The van der Waals surface area contributed by atoms with Gasteiger partial charge < -0.3 is 9.64 Å². The Morgan fingerprint density at radius 3 is 2.41 bits per heavy atom. The predicted octanol–water partition coefficient (Wildman–Crippen LogP) is 3.95. The van der Waals surface area contributed by atoms with Gasteiger partial charge in [0.25, 0.3) is 5.56 Å². The average molecular weight is 436 g/mol. The van der Waals surface area contributed by atoms with Gasteiger partial charge in [-0.2, -0.15) is 0 Å². The van der Waals surface area contributed by atoms with Crippen LogP contribution in [0.3, 0.4) is 0 Å². The molecule has 0 aliphatic rings. The monoisotopic (exact) mass is 435 g/mol. The van der Waals surface area contributed by atoms with E-state index in [0.717, 1.165) is 5.56 Å². The van der Waals surface area contributed by atoms with Gasteiger partial charge in [0.05, 0.1) is 35.7 Å². The summed E-state index contributed by atoms with van der Waals surface area (Å²) in [5.74, 6) is -0.113. The molecular weight excluding hydrogens is 406 g/mol. The maximum absolute atomic E-state index is 13.5. The van der Waals surface area contributed by atoms with Gasteiger partial charge in [0.1, 0.15) is 5.82 Å². The molecule has 1 aromatic heterocycles. The fourth-order valence-corrected chi connectivity index (χ4v) is 3.74. The molecule has 0 N–H and O–H groups in total. The second-order valence-corrected chi connectivity index (χ2v) is 7.70. The Kier molecular flexibility index (Phi) is 7.41. The molecule has 3 rings (SSSR count). The number of ether oxygens (including phenoxy) is 1. The van der Waals surface area contributed by atoms with E-state index in [2.05, 4.69) is 0 Å². The first-order chi connectivity index (χ1) is 15.4. The van der Waals surface area contributed by atoms with Crippen LogP contribution in [0, 0.1) is 6.92 Å². The van der Waals surface area contributed by atoms with E-state index in [1.54, 1.807) is 35.6 Å². The second-order valence-electron chi connectivity index (χ2n) is 7.70. The van der Waals surface area contributed by atoms with Crippen LogP contribution in [0.1, 0.15) is 50.5 Å². The Bertz CT molecular complexity index is 1170. The average Bonchev–Trinajstić information content (AvgIpc) is 2.79. The van der Waals surface area contributed by atoms with Gasteiger partial charge >= 0.3 is 5.97 Å². The molecule has 1 amide bonds. The SMILES string of the molecule is CCOC(=O)CCC(=O)N(C)C(CC)c1nc2ccccc2c(=O)n1-c1ccc(C)cc1. The summed E-state index contributed by atoms with van der Waals surface area (Å²) in [4.78, 5) is 44.4. The summed E-state index contributed by atoms with van der Waals surface area (Å²) in [6, 6.07) is 14.4. The quantitative estimate of drug-likeness (QED) is 0.501. The van der Waals surface area contributed by atoms with Crippen molar-refractivity contribution in [2.45, 2.75) is 46.1 Å². The minimum Gasteiger partial charge on any atom is -0.466 e. The molecule has 7 heteroatoms. The summed E-state index contributed by atoms with van der Waals surface area (Å²) >= 11 is 0. The van der Waals surface area contributed by atoms with Gasteiger partial charge in [0, 0.05) is 13.5 Å². The van der Waals surface area contributed by atoms with Gasteiger partial charge in [-0.1, -0.05) is 36.8 Å². The Hall–Kier alpha value is -3.48. The van der Waals surface area contributed by atoms with Gasteiger partial charge in [-0.05, 0) is 44.5 Å². The second kappa shape index (κ2) is 10.2. The van der Waals surface area contributed by atoms with Crippen molar-refractivity contribution in [3.05, 3.63) is 70.3 Å². The van der Waals surface area contributed by atoms with Crippen molar-refractivity contribution in [3.8, 4) is 5.69 Å². The highest BCUT2D eigenvalue weighted by Crippen LogP contribution is 2.25. The molecule has 2 aromatic carbocycles. The number of rotatable bonds is 8. The fourth-order valence-electron chi connectivity index (χ4n) is 3.74. The fraction of sp³-hybridized carbons (Fsp3) is 0.360. The van der Waals surface area contributed by atoms with E-state index in [0.29, 0.717) is 28.8 Å². The zero-order chi connectivity index (χ0) is 23.3. The first-order valence-electron chi connectivity index (χ1n) is 10.9. The number of aromatic nitrogens is 2. The van der Waals surface area contributed by atoms with Crippen LogP contribution in [-0.2, 0) is 14.3 Å². The topological polar surface area (TPSA) is 81.5 Å². The summed E-state index contributed by atoms with van der Waals surface area (Å²) in [7, 11) is 1.68. The first-order valence-corrected chi connectivity index (χ1v) is 10.9. The number of aryl methyl sites for hydroxylation is 1. The van der Waals surface area contributed by atoms with Crippen LogP contribution >= 0.6 is 0 Å². The molecule has 1 unspecified atom stereocenters. The molecule has 0 bridgehead atoms. The van der Waals surface area contributed by atoms with Crippen molar-refractivity contribution in [3.63, 3.8) is 0 Å². The lowest BCUT2D eigenvalue weighted by molar-refractivity contribution is -0.145. The molecule has 1 atom stereocenters. The van der Waals surface area contributed by atoms with Crippen molar-refractivity contribution < 1.29 is 14.3 Å². The van der Waals surface area contributed by atoms with E-state index in [1.807, 2.05) is 50.2 Å². The zero-order valence-corrected chi connectivity index (χ0v) is 19.0. The number of benzene rings is 2. The highest BCUT2D eigenvalue weighted by Gasteiger charge is 2.26. The van der Waals surface area contributed by atoms with Crippen molar-refractivity contribution in [1.82, 2.24) is 14.5 Å². The molecule has 0 spiro atoms. The number of carbonyl (C=O) groups excluding carboxylic acids is 2. The van der Waals surface area contributed by atoms with Gasteiger partial charge in [0.15, 0.2) is 0 Å². The highest BCUT2D eigenvalue weighted by molar-refractivity contribution is 5.82. The number of amides is 1. The smallest absolute Gasteiger partial charge is 0.306 e. The third-order valence-electron chi connectivity index (χ3n) is 5.49. The number of hydrogen-bond acceptors (Lipinski definition) is 5. The Morgan fingerprint density at radius 2 is 1.75 bits per heavy atom. The minimum atomic E-state index is -0.441. The molecule has 0 fully saturated rings. The van der Waals surface area contributed by atoms with E-state index < -0.39 is 12.0 Å². The van der Waals surface area contributed by atoms with Gasteiger partial charge in [-0.3, -0.25) is 19.0 Å². The van der Waals surface area contributed by atoms with E-state index in [-0.39, 0.29) is 30.9 Å². The molecule has 0 saturated carbocycles. The molecule has 3 aromatic rings. The number of para-hydroxylation sites is 1. The van der Waals surface area contributed by atoms with E-state index in [4.69, 9.17) is 9.72 Å². The third kappa shape index (κ3) is 4.88. The van der Waals surface area contributed by atoms with E-state index in [1.165, 1.54) is 0 Å². The van der Waals surface area contributed by atoms with Crippen LogP contribution in [0.5, 0.6) is 0 Å². The molecule has 168 valence electrons. The summed E-state index contributed by atoms with van der Waals surface area (Å²) in [6.07, 6.45) is 0.607. The molecule has 32 heavy (non-hydrogen) atoms. The molecule has 0 aliphatic carbocycles. The Balaban J connectivity index is 2.07. The van der Waals surface area contributed by atoms with Gasteiger partial charge in [-0.25, -0.2) is 4.98 Å². The van der Waals surface area contributed by atoms with Crippen molar-refractivity contribution in [1.29, 1.82) is 0 Å². The number of fused-ring (bicyclic) bond motifs is 1. The lowest BCUT2D eigenvalue weighted by Crippen LogP contribution is -2.36. The first kappa shape index (κ1) is 23.2. The van der Waals surface area contributed by atoms with E-state index >= 15 is 0 Å². The van der Waals surface area contributed by atoms with Crippen LogP contribution in [0.2, 0.25) is 0 Å². The van der Waals surface area contributed by atoms with Crippen LogP contribution in [0.25, 0.3) is 16.6 Å². The van der Waals surface area contributed by atoms with E-state index in [9.17, 15) is 14.4 Å². The summed E-state index contributed by atoms with van der Waals surface area (Å²) < 4.78 is 6.51. The number of nitrogens with zero attached hydrogens (tertiary/aromatic N) is 3. The third-order valence-corrected chi connectivity index (χ3v) is 5.49. The molecule has 0 aliphatic heterocycles. The number of hydrogen-bond donors (Lipinski definition) is 0. The summed E-state index contributed by atoms with van der Waals surface area (Å²) in [5.41, 5.74) is 2.18. The van der Waals surface area contributed by atoms with Gasteiger partial charge in [0.2, 0.25) is 5.91 Å². The summed E-state index contributed by atoms with van der Waals surface area (Å²) in [6.45, 7) is 5.94. The molecular formula is C25H29N3O4. The lowest BCUT2D eigenvalue weighted by Gasteiger charge is -2.29. The van der Waals surface area contributed by atoms with Crippen molar-refractivity contribution >= 4 is 22.8 Å². The zero-order valence-electron chi connectivity index (χ0n) is 19.0. The van der Waals surface area contributed by atoms with Crippen LogP contribution < -0.4 is 5.56 Å².